The zero-order chi connectivity index (χ0) is 17.7. The Hall–Kier alpha value is -2.14. The lowest BCUT2D eigenvalue weighted by Crippen LogP contribution is -2.30. The van der Waals surface area contributed by atoms with Gasteiger partial charge in [-0.05, 0) is 54.5 Å². The van der Waals surface area contributed by atoms with Gasteiger partial charge in [-0.2, -0.15) is 0 Å². The molecule has 0 saturated carbocycles. The van der Waals surface area contributed by atoms with Crippen molar-refractivity contribution in [2.45, 2.75) is 32.2 Å². The Morgan fingerprint density at radius 2 is 2.04 bits per heavy atom. The highest BCUT2D eigenvalue weighted by Crippen LogP contribution is 2.54. The van der Waals surface area contributed by atoms with Crippen LogP contribution < -0.4 is 5.32 Å². The fourth-order valence-electron chi connectivity index (χ4n) is 4.26. The van der Waals surface area contributed by atoms with E-state index in [2.05, 4.69) is 46.4 Å². The Bertz CT molecular complexity index is 907. The molecular weight excluding hydrogens is 380 g/mol. The zero-order valence-corrected chi connectivity index (χ0v) is 15.7. The molecule has 1 heterocycles. The van der Waals surface area contributed by atoms with Crippen LogP contribution in [0.25, 0.3) is 0 Å². The molecule has 0 bridgehead atoms. The molecular formula is C20H19BrN2O2. The minimum atomic E-state index is -0.269. The Balaban J connectivity index is 1.94. The van der Waals surface area contributed by atoms with Gasteiger partial charge in [-0.25, -0.2) is 0 Å². The van der Waals surface area contributed by atoms with Crippen LogP contribution in [-0.2, 0) is 0 Å². The summed E-state index contributed by atoms with van der Waals surface area (Å²) in [4.78, 5) is 11.4. The molecule has 2 aromatic carbocycles. The van der Waals surface area contributed by atoms with Crippen LogP contribution in [0, 0.1) is 29.9 Å². The normalized spacial score (nSPS) is 23.7. The summed E-state index contributed by atoms with van der Waals surface area (Å²) >= 11 is 3.65. The molecule has 0 spiro atoms. The van der Waals surface area contributed by atoms with Crippen LogP contribution in [0.3, 0.4) is 0 Å². The van der Waals surface area contributed by atoms with E-state index in [0.29, 0.717) is 11.6 Å². The molecule has 1 aliphatic heterocycles. The van der Waals surface area contributed by atoms with Gasteiger partial charge in [0.25, 0.3) is 5.69 Å². The predicted molar refractivity (Wildman–Crippen MR) is 103 cm³/mol. The number of nitrogens with zero attached hydrogens (tertiary/aromatic N) is 1. The van der Waals surface area contributed by atoms with Gasteiger partial charge in [0, 0.05) is 16.5 Å². The molecule has 0 radical (unpaired) electrons. The van der Waals surface area contributed by atoms with Gasteiger partial charge >= 0.3 is 0 Å². The van der Waals surface area contributed by atoms with Gasteiger partial charge in [0.05, 0.1) is 11.0 Å². The van der Waals surface area contributed by atoms with E-state index in [1.54, 1.807) is 6.07 Å². The highest BCUT2D eigenvalue weighted by Gasteiger charge is 2.42. The summed E-state index contributed by atoms with van der Waals surface area (Å²) in [5.41, 5.74) is 5.23. The third-order valence-corrected chi connectivity index (χ3v) is 6.31. The van der Waals surface area contributed by atoms with E-state index in [-0.39, 0.29) is 22.6 Å². The summed E-state index contributed by atoms with van der Waals surface area (Å²) in [7, 11) is 0. The van der Waals surface area contributed by atoms with Gasteiger partial charge in [0.15, 0.2) is 0 Å². The Labute approximate surface area is 155 Å². The molecule has 0 amide bonds. The highest BCUT2D eigenvalue weighted by atomic mass is 79.9. The van der Waals surface area contributed by atoms with Gasteiger partial charge in [-0.3, -0.25) is 10.1 Å². The standard InChI is InChI=1S/C20H19BrN2O2/c1-11-10-17(23(24)25)20-18(12(11)2)13-7-5-8-14(13)19(22-20)15-6-3-4-9-16(15)21/h3-7,9-10,13-14,19,22H,8H2,1-2H3/t13?,14?,19-/m0/s1. The lowest BCUT2D eigenvalue weighted by Gasteiger charge is -2.38. The molecule has 0 saturated heterocycles. The third-order valence-electron chi connectivity index (χ3n) is 5.59. The number of hydrogen-bond donors (Lipinski definition) is 1. The smallest absolute Gasteiger partial charge is 0.292 e. The fraction of sp³-hybridized carbons (Fsp3) is 0.300. The number of aryl methyl sites for hydroxylation is 1. The molecule has 5 heteroatoms. The van der Waals surface area contributed by atoms with Crippen molar-refractivity contribution in [3.63, 3.8) is 0 Å². The number of rotatable bonds is 2. The number of nitro benzene ring substituents is 1. The largest absolute Gasteiger partial charge is 0.372 e. The summed E-state index contributed by atoms with van der Waals surface area (Å²) in [6, 6.07) is 9.86. The molecule has 2 aliphatic rings. The second-order valence-corrected chi connectivity index (χ2v) is 7.73. The van der Waals surface area contributed by atoms with Crippen molar-refractivity contribution in [2.75, 3.05) is 5.32 Å². The first kappa shape index (κ1) is 16.3. The molecule has 3 atom stereocenters. The number of anilines is 1. The van der Waals surface area contributed by atoms with E-state index in [0.717, 1.165) is 33.1 Å². The summed E-state index contributed by atoms with van der Waals surface area (Å²) < 4.78 is 1.04. The molecule has 25 heavy (non-hydrogen) atoms. The van der Waals surface area contributed by atoms with Crippen molar-refractivity contribution >= 4 is 27.3 Å². The Kier molecular flexibility index (Phi) is 3.91. The van der Waals surface area contributed by atoms with Crippen molar-refractivity contribution < 1.29 is 4.92 Å². The van der Waals surface area contributed by atoms with Gasteiger partial charge < -0.3 is 5.32 Å². The van der Waals surface area contributed by atoms with Gasteiger partial charge in [0.2, 0.25) is 0 Å². The molecule has 1 N–H and O–H groups in total. The highest BCUT2D eigenvalue weighted by molar-refractivity contribution is 9.10. The molecule has 0 fully saturated rings. The maximum absolute atomic E-state index is 11.7. The first-order valence-electron chi connectivity index (χ1n) is 8.45. The maximum Gasteiger partial charge on any atom is 0.292 e. The number of nitrogens with one attached hydrogen (secondary N) is 1. The number of hydrogen-bond acceptors (Lipinski definition) is 3. The summed E-state index contributed by atoms with van der Waals surface area (Å²) in [6.45, 7) is 4.03. The fourth-order valence-corrected chi connectivity index (χ4v) is 4.79. The minimum absolute atomic E-state index is 0.0453. The topological polar surface area (TPSA) is 55.2 Å². The zero-order valence-electron chi connectivity index (χ0n) is 14.1. The Morgan fingerprint density at radius 1 is 1.28 bits per heavy atom. The van der Waals surface area contributed by atoms with Gasteiger partial charge in [0.1, 0.15) is 5.69 Å². The first-order chi connectivity index (χ1) is 12.0. The number of fused-ring (bicyclic) bond motifs is 3. The van der Waals surface area contributed by atoms with Crippen LogP contribution in [0.15, 0.2) is 47.0 Å². The second kappa shape index (κ2) is 5.99. The molecule has 4 rings (SSSR count). The molecule has 2 unspecified atom stereocenters. The minimum Gasteiger partial charge on any atom is -0.372 e. The monoisotopic (exact) mass is 398 g/mol. The van der Waals surface area contributed by atoms with E-state index < -0.39 is 0 Å². The van der Waals surface area contributed by atoms with Crippen molar-refractivity contribution in [1.29, 1.82) is 0 Å². The third kappa shape index (κ3) is 2.49. The summed E-state index contributed by atoms with van der Waals surface area (Å²) in [6.07, 6.45) is 5.41. The van der Waals surface area contributed by atoms with E-state index in [1.165, 1.54) is 0 Å². The van der Waals surface area contributed by atoms with Crippen molar-refractivity contribution in [2.24, 2.45) is 5.92 Å². The quantitative estimate of drug-likeness (QED) is 0.395. The molecule has 4 nitrogen and oxygen atoms in total. The van der Waals surface area contributed by atoms with E-state index in [9.17, 15) is 10.1 Å². The summed E-state index contributed by atoms with van der Waals surface area (Å²) in [5, 5.41) is 15.2. The molecule has 1 aliphatic carbocycles. The van der Waals surface area contributed by atoms with Crippen LogP contribution in [0.2, 0.25) is 0 Å². The molecule has 0 aromatic heterocycles. The van der Waals surface area contributed by atoms with Gasteiger partial charge in [-0.15, -0.1) is 0 Å². The summed E-state index contributed by atoms with van der Waals surface area (Å²) in [5.74, 6) is 0.582. The van der Waals surface area contributed by atoms with Crippen LogP contribution >= 0.6 is 15.9 Å². The van der Waals surface area contributed by atoms with E-state index >= 15 is 0 Å². The number of halogens is 1. The number of benzene rings is 2. The van der Waals surface area contributed by atoms with Crippen molar-refractivity contribution in [3.05, 3.63) is 79.3 Å². The SMILES string of the molecule is Cc1cc([N+](=O)[O-])c2c(c1C)C1C=CCC1[C@@H](c1ccccc1Br)N2. The molecule has 128 valence electrons. The average molecular weight is 399 g/mol. The average Bonchev–Trinajstić information content (AvgIpc) is 3.07. The maximum atomic E-state index is 11.7. The lowest BCUT2D eigenvalue weighted by molar-refractivity contribution is -0.384. The van der Waals surface area contributed by atoms with Crippen LogP contribution in [0.4, 0.5) is 11.4 Å². The van der Waals surface area contributed by atoms with Crippen LogP contribution in [-0.4, -0.2) is 4.92 Å². The number of nitro groups is 1. The van der Waals surface area contributed by atoms with Crippen LogP contribution in [0.5, 0.6) is 0 Å². The first-order valence-corrected chi connectivity index (χ1v) is 9.24. The van der Waals surface area contributed by atoms with Gasteiger partial charge in [-0.1, -0.05) is 46.3 Å². The Morgan fingerprint density at radius 3 is 2.76 bits per heavy atom. The van der Waals surface area contributed by atoms with Crippen molar-refractivity contribution in [3.8, 4) is 0 Å². The number of allylic oxidation sites excluding steroid dienone is 2. The van der Waals surface area contributed by atoms with Crippen LogP contribution in [0.1, 0.15) is 40.6 Å². The second-order valence-electron chi connectivity index (χ2n) is 6.88. The predicted octanol–water partition coefficient (Wildman–Crippen LogP) is 5.80. The van der Waals surface area contributed by atoms with E-state index in [1.807, 2.05) is 25.1 Å². The van der Waals surface area contributed by atoms with Crippen molar-refractivity contribution in [1.82, 2.24) is 0 Å². The lowest BCUT2D eigenvalue weighted by atomic mass is 9.74. The molecule has 2 aromatic rings. The van der Waals surface area contributed by atoms with E-state index in [4.69, 9.17) is 0 Å².